The van der Waals surface area contributed by atoms with Gasteiger partial charge in [0.05, 0.1) is 0 Å². The van der Waals surface area contributed by atoms with Crippen LogP contribution >= 0.6 is 0 Å². The van der Waals surface area contributed by atoms with E-state index in [2.05, 4.69) is 0 Å². The molecule has 0 aliphatic rings. The molecule has 0 aliphatic carbocycles. The molecule has 4 N–H and O–H groups in total. The molecule has 0 radical (unpaired) electrons. The van der Waals surface area contributed by atoms with Gasteiger partial charge in [0.1, 0.15) is 0 Å². The molecule has 0 heterocycles. The molecule has 0 bridgehead atoms. The van der Waals surface area contributed by atoms with Gasteiger partial charge in [-0.3, -0.25) is 0 Å². The molecule has 0 aliphatic heterocycles. The van der Waals surface area contributed by atoms with E-state index in [9.17, 15) is 0 Å². The molecule has 0 spiro atoms. The quantitative estimate of drug-likeness (QED) is 0.321. The van der Waals surface area contributed by atoms with E-state index in [1.165, 1.54) is 0 Å². The third kappa shape index (κ3) is 2600. The molecule has 0 aromatic carbocycles. The van der Waals surface area contributed by atoms with E-state index in [1.54, 1.807) is 6.92 Å². The van der Waals surface area contributed by atoms with Crippen molar-refractivity contribution in [3.8, 4) is 0 Å². The first-order chi connectivity index (χ1) is 1.41. The minimum atomic E-state index is 0. The van der Waals surface area contributed by atoms with Crippen molar-refractivity contribution in [3.05, 3.63) is 0 Å². The smallest absolute Gasteiger partial charge is 1.00 e. The summed E-state index contributed by atoms with van der Waals surface area (Å²) in [6.45, 7) is 1.93. The largest absolute Gasteiger partial charge is 3.00 e. The SMILES string of the molecule is CCO.N.[B+3].[F-].[F-].[F-]. The second kappa shape index (κ2) is 376. The van der Waals surface area contributed by atoms with E-state index in [1.807, 2.05) is 0 Å². The van der Waals surface area contributed by atoms with Crippen molar-refractivity contribution in [1.29, 1.82) is 0 Å². The van der Waals surface area contributed by atoms with Crippen LogP contribution in [0.15, 0.2) is 0 Å². The van der Waals surface area contributed by atoms with Gasteiger partial charge in [-0.1, -0.05) is 0 Å². The van der Waals surface area contributed by atoms with Crippen molar-refractivity contribution < 1.29 is 19.2 Å². The monoisotopic (exact) mass is 131 g/mol. The van der Waals surface area contributed by atoms with Crippen molar-refractivity contribution in [2.24, 2.45) is 0 Å². The third-order valence-electron chi connectivity index (χ3n) is 0. The Bertz CT molecular complexity index is 17.2. The molecular weight excluding hydrogens is 122 g/mol. The fraction of sp³-hybridized carbons (Fsp3) is 1.00. The topological polar surface area (TPSA) is 55.2 Å². The maximum atomic E-state index is 7.57. The maximum Gasteiger partial charge on any atom is 3.00 e. The van der Waals surface area contributed by atoms with E-state index < -0.39 is 0 Å². The summed E-state index contributed by atoms with van der Waals surface area (Å²) in [5.41, 5.74) is 0. The van der Waals surface area contributed by atoms with Gasteiger partial charge < -0.3 is 25.4 Å². The number of rotatable bonds is 0. The zero-order valence-corrected chi connectivity index (χ0v) is 4.57. The van der Waals surface area contributed by atoms with Crippen LogP contribution in [-0.4, -0.2) is 20.1 Å². The van der Waals surface area contributed by atoms with E-state index in [0.717, 1.165) is 0 Å². The van der Waals surface area contributed by atoms with Gasteiger partial charge in [-0.25, -0.2) is 0 Å². The molecule has 0 fully saturated rings. The normalized spacial score (nSPS) is 2.25. The predicted molar refractivity (Wildman–Crippen MR) is 23.5 cm³/mol. The predicted octanol–water partition coefficient (Wildman–Crippen LogP) is -9.21. The second-order valence-electron chi connectivity index (χ2n) is 0.316. The molecule has 0 atom stereocenters. The second-order valence-corrected chi connectivity index (χ2v) is 0.316. The zero-order chi connectivity index (χ0) is 2.71. The molecule has 2 nitrogen and oxygen atoms in total. The summed E-state index contributed by atoms with van der Waals surface area (Å²) in [4.78, 5) is 0. The Morgan fingerprint density at radius 1 is 1.12 bits per heavy atom. The van der Waals surface area contributed by atoms with Crippen LogP contribution in [-0.2, 0) is 0 Å². The molecule has 0 unspecified atom stereocenters. The van der Waals surface area contributed by atoms with Gasteiger partial charge in [0.25, 0.3) is 0 Å². The summed E-state index contributed by atoms with van der Waals surface area (Å²) >= 11 is 0. The number of halogens is 3. The Morgan fingerprint density at radius 2 is 1.12 bits per heavy atom. The van der Waals surface area contributed by atoms with E-state index >= 15 is 0 Å². The van der Waals surface area contributed by atoms with Gasteiger partial charge >= 0.3 is 8.41 Å². The van der Waals surface area contributed by atoms with Crippen LogP contribution in [0.3, 0.4) is 0 Å². The van der Waals surface area contributed by atoms with E-state index in [0.29, 0.717) is 0 Å². The average molecular weight is 131 g/mol. The molecule has 6 heteroatoms. The summed E-state index contributed by atoms with van der Waals surface area (Å²) in [5, 5.41) is 7.57. The van der Waals surface area contributed by atoms with Gasteiger partial charge in [-0.15, -0.1) is 0 Å². The molecule has 0 aromatic heterocycles. The van der Waals surface area contributed by atoms with Crippen molar-refractivity contribution in [3.63, 3.8) is 0 Å². The zero-order valence-electron chi connectivity index (χ0n) is 4.57. The summed E-state index contributed by atoms with van der Waals surface area (Å²) in [6, 6.07) is 0. The Hall–Kier alpha value is -0.225. The van der Waals surface area contributed by atoms with Crippen LogP contribution in [0.25, 0.3) is 0 Å². The summed E-state index contributed by atoms with van der Waals surface area (Å²) in [5.74, 6) is 0. The van der Waals surface area contributed by atoms with Crippen LogP contribution in [0, 0.1) is 0 Å². The fourth-order valence-corrected chi connectivity index (χ4v) is 0. The standard InChI is InChI=1S/C2H6O.B.3FH.H3N/c1-2-3;;;;;/h3H,2H2,1H3;;3*1H;1H3/q;+3;;;;/p-3. The minimum Gasteiger partial charge on any atom is -1.00 e. The molecule has 0 aromatic rings. The number of aliphatic hydroxyl groups is 1. The van der Waals surface area contributed by atoms with E-state index in [4.69, 9.17) is 5.11 Å². The van der Waals surface area contributed by atoms with Crippen LogP contribution in [0.4, 0.5) is 0 Å². The van der Waals surface area contributed by atoms with Crippen molar-refractivity contribution in [2.75, 3.05) is 6.61 Å². The van der Waals surface area contributed by atoms with Crippen molar-refractivity contribution >= 4 is 8.41 Å². The average Bonchev–Trinajstić information content (AvgIpc) is 0.918. The molecule has 0 rings (SSSR count). The Morgan fingerprint density at radius 3 is 1.12 bits per heavy atom. The van der Waals surface area contributed by atoms with Gasteiger partial charge in [0.2, 0.25) is 0 Å². The fourth-order valence-electron chi connectivity index (χ4n) is 0. The first kappa shape index (κ1) is 113. The Balaban J connectivity index is -0.00000000200. The first-order valence-electron chi connectivity index (χ1n) is 1.02. The van der Waals surface area contributed by atoms with Crippen molar-refractivity contribution in [1.82, 2.24) is 6.15 Å². The maximum absolute atomic E-state index is 7.57. The molecule has 52 valence electrons. The van der Waals surface area contributed by atoms with Gasteiger partial charge in [0.15, 0.2) is 0 Å². The molecule has 0 saturated heterocycles. The van der Waals surface area contributed by atoms with Gasteiger partial charge in [0, 0.05) is 6.61 Å². The van der Waals surface area contributed by atoms with Crippen molar-refractivity contribution in [2.45, 2.75) is 6.92 Å². The van der Waals surface area contributed by atoms with Crippen LogP contribution in [0.5, 0.6) is 0 Å². The number of hydrogen-bond donors (Lipinski definition) is 2. The van der Waals surface area contributed by atoms with Crippen LogP contribution in [0.2, 0.25) is 0 Å². The molecule has 0 amide bonds. The molecular formula is C2H9BF3NO. The Kier molecular flexibility index (Phi) is 5330. The van der Waals surface area contributed by atoms with Crippen LogP contribution in [0.1, 0.15) is 6.92 Å². The summed E-state index contributed by atoms with van der Waals surface area (Å²) in [6.07, 6.45) is 0. The number of hydrogen-bond acceptors (Lipinski definition) is 2. The molecule has 0 saturated carbocycles. The first-order valence-corrected chi connectivity index (χ1v) is 1.02. The molecule has 8 heavy (non-hydrogen) atoms. The number of aliphatic hydroxyl groups excluding tert-OH is 1. The van der Waals surface area contributed by atoms with Gasteiger partial charge in [-0.05, 0) is 6.92 Å². The van der Waals surface area contributed by atoms with Crippen LogP contribution < -0.4 is 20.3 Å². The summed E-state index contributed by atoms with van der Waals surface area (Å²) < 4.78 is 0. The summed E-state index contributed by atoms with van der Waals surface area (Å²) in [7, 11) is 0. The van der Waals surface area contributed by atoms with Gasteiger partial charge in [-0.2, -0.15) is 0 Å². The minimum absolute atomic E-state index is 0. The third-order valence-corrected chi connectivity index (χ3v) is 0. The Labute approximate surface area is 48.5 Å². The van der Waals surface area contributed by atoms with E-state index in [-0.39, 0.29) is 35.3 Å².